The molecule has 8 heteroatoms. The van der Waals surface area contributed by atoms with Gasteiger partial charge in [-0.2, -0.15) is 5.26 Å². The normalized spacial score (nSPS) is 15.8. The summed E-state index contributed by atoms with van der Waals surface area (Å²) in [4.78, 5) is 24.9. The Labute approximate surface area is 197 Å². The van der Waals surface area contributed by atoms with Crippen molar-refractivity contribution in [3.8, 4) is 17.9 Å². The molecule has 8 nitrogen and oxygen atoms in total. The van der Waals surface area contributed by atoms with Gasteiger partial charge in [0.05, 0.1) is 24.9 Å². The number of benzene rings is 1. The maximum Gasteiger partial charge on any atom is 0.278 e. The molecule has 0 radical (unpaired) electrons. The Hall–Kier alpha value is -4.14. The van der Waals surface area contributed by atoms with Crippen molar-refractivity contribution in [1.29, 1.82) is 5.26 Å². The largest absolute Gasteiger partial charge is 0.355 e. The van der Waals surface area contributed by atoms with Crippen LogP contribution in [0.3, 0.4) is 0 Å². The fraction of sp³-hybridized carbons (Fsp3) is 0.308. The minimum atomic E-state index is -0.201. The van der Waals surface area contributed by atoms with Gasteiger partial charge in [0.15, 0.2) is 0 Å². The van der Waals surface area contributed by atoms with Crippen molar-refractivity contribution in [3.63, 3.8) is 0 Å². The van der Waals surface area contributed by atoms with E-state index < -0.39 is 0 Å². The molecule has 4 heterocycles. The summed E-state index contributed by atoms with van der Waals surface area (Å²) in [5.74, 6) is 6.66. The van der Waals surface area contributed by atoms with Crippen LogP contribution in [0.1, 0.15) is 30.9 Å². The quantitative estimate of drug-likeness (QED) is 0.478. The number of aromatic nitrogens is 4. The zero-order chi connectivity index (χ0) is 23.7. The van der Waals surface area contributed by atoms with Crippen LogP contribution < -0.4 is 16.2 Å². The van der Waals surface area contributed by atoms with E-state index in [-0.39, 0.29) is 11.6 Å². The lowest BCUT2D eigenvalue weighted by atomic mass is 10.1. The van der Waals surface area contributed by atoms with Crippen LogP contribution in [0.15, 0.2) is 47.7 Å². The Morgan fingerprint density at radius 3 is 2.88 bits per heavy atom. The smallest absolute Gasteiger partial charge is 0.278 e. The maximum atomic E-state index is 13.8. The Kier molecular flexibility index (Phi) is 5.75. The molecule has 0 unspecified atom stereocenters. The van der Waals surface area contributed by atoms with Crippen LogP contribution in [-0.4, -0.2) is 38.2 Å². The third-order valence-corrected chi connectivity index (χ3v) is 6.36. The summed E-state index contributed by atoms with van der Waals surface area (Å²) in [7, 11) is 0. The molecule has 1 aliphatic rings. The highest BCUT2D eigenvalue weighted by atomic mass is 16.1. The number of rotatable bonds is 4. The summed E-state index contributed by atoms with van der Waals surface area (Å²) in [6.45, 7) is 3.81. The highest BCUT2D eigenvalue weighted by Gasteiger charge is 2.28. The van der Waals surface area contributed by atoms with Crippen molar-refractivity contribution in [1.82, 2.24) is 19.1 Å². The first kappa shape index (κ1) is 21.7. The lowest BCUT2D eigenvalue weighted by Gasteiger charge is -2.33. The summed E-state index contributed by atoms with van der Waals surface area (Å²) in [5, 5.41) is 11.0. The van der Waals surface area contributed by atoms with E-state index in [1.807, 2.05) is 34.9 Å². The molecule has 4 aromatic rings. The molecule has 3 aromatic heterocycles. The second kappa shape index (κ2) is 9.01. The number of fused-ring (bicyclic) bond motifs is 2. The molecule has 5 rings (SSSR count). The summed E-state index contributed by atoms with van der Waals surface area (Å²) >= 11 is 0. The van der Waals surface area contributed by atoms with Crippen LogP contribution in [0.4, 0.5) is 5.82 Å². The molecule has 0 saturated carbocycles. The van der Waals surface area contributed by atoms with Gasteiger partial charge in [0.1, 0.15) is 28.5 Å². The van der Waals surface area contributed by atoms with Crippen molar-refractivity contribution in [3.05, 3.63) is 64.3 Å². The summed E-state index contributed by atoms with van der Waals surface area (Å²) in [6.07, 6.45) is 5.15. The molecule has 1 saturated heterocycles. The Bertz CT molecular complexity index is 1540. The Morgan fingerprint density at radius 1 is 1.24 bits per heavy atom. The molecular weight excluding hydrogens is 426 g/mol. The van der Waals surface area contributed by atoms with Gasteiger partial charge in [-0.3, -0.25) is 14.3 Å². The Balaban J connectivity index is 1.69. The second-order valence-corrected chi connectivity index (χ2v) is 8.53. The molecule has 1 fully saturated rings. The van der Waals surface area contributed by atoms with Crippen molar-refractivity contribution in [2.24, 2.45) is 5.73 Å². The number of nitriles is 1. The number of nitrogens with zero attached hydrogens (tertiary/aromatic N) is 6. The molecule has 1 aromatic carbocycles. The Morgan fingerprint density at radius 2 is 2.09 bits per heavy atom. The lowest BCUT2D eigenvalue weighted by molar-refractivity contribution is 0.499. The topological polar surface area (TPSA) is 106 Å². The monoisotopic (exact) mass is 451 g/mol. The number of para-hydroxylation sites is 1. The van der Waals surface area contributed by atoms with Crippen LogP contribution >= 0.6 is 0 Å². The second-order valence-electron chi connectivity index (χ2n) is 8.53. The predicted molar refractivity (Wildman–Crippen MR) is 132 cm³/mol. The van der Waals surface area contributed by atoms with E-state index >= 15 is 0 Å². The van der Waals surface area contributed by atoms with E-state index in [2.05, 4.69) is 32.8 Å². The lowest BCUT2D eigenvalue weighted by Crippen LogP contribution is -2.44. The first-order chi connectivity index (χ1) is 16.6. The van der Waals surface area contributed by atoms with Gasteiger partial charge in [-0.15, -0.1) is 5.92 Å². The van der Waals surface area contributed by atoms with Crippen LogP contribution in [0.5, 0.6) is 0 Å². The summed E-state index contributed by atoms with van der Waals surface area (Å²) < 4.78 is 3.44. The van der Waals surface area contributed by atoms with Crippen molar-refractivity contribution in [2.75, 3.05) is 18.0 Å². The number of anilines is 1. The predicted octanol–water partition coefficient (Wildman–Crippen LogP) is 2.62. The number of hydrogen-bond donors (Lipinski definition) is 1. The SMILES string of the molecule is CC#CCn1c(N2CCC[C@@H](N)C2)c(C#N)c2ncn(Cc3ccnc4ccccc34)c(=O)c21. The highest BCUT2D eigenvalue weighted by molar-refractivity contribution is 5.89. The van der Waals surface area contributed by atoms with Gasteiger partial charge < -0.3 is 15.2 Å². The molecular formula is C26H25N7O. The first-order valence-corrected chi connectivity index (χ1v) is 11.4. The number of hydrogen-bond acceptors (Lipinski definition) is 6. The van der Waals surface area contributed by atoms with Gasteiger partial charge in [0, 0.05) is 30.7 Å². The van der Waals surface area contributed by atoms with Crippen molar-refractivity contribution < 1.29 is 0 Å². The van der Waals surface area contributed by atoms with Crippen LogP contribution in [0.2, 0.25) is 0 Å². The molecule has 0 bridgehead atoms. The van der Waals surface area contributed by atoms with E-state index in [4.69, 9.17) is 5.73 Å². The molecule has 1 aliphatic heterocycles. The van der Waals surface area contributed by atoms with Crippen LogP contribution in [0, 0.1) is 23.2 Å². The fourth-order valence-electron chi connectivity index (χ4n) is 4.79. The van der Waals surface area contributed by atoms with E-state index in [0.717, 1.165) is 35.9 Å². The number of nitrogens with two attached hydrogens (primary N) is 1. The van der Waals surface area contributed by atoms with Gasteiger partial charge >= 0.3 is 0 Å². The number of pyridine rings is 1. The van der Waals surface area contributed by atoms with E-state index in [1.54, 1.807) is 17.7 Å². The summed E-state index contributed by atoms with van der Waals surface area (Å²) in [6, 6.07) is 12.1. The van der Waals surface area contributed by atoms with Gasteiger partial charge in [-0.1, -0.05) is 24.1 Å². The van der Waals surface area contributed by atoms with Crippen LogP contribution in [-0.2, 0) is 13.1 Å². The summed E-state index contributed by atoms with van der Waals surface area (Å²) in [5.41, 5.74) is 9.10. The van der Waals surface area contributed by atoms with E-state index in [9.17, 15) is 10.1 Å². The van der Waals surface area contributed by atoms with Crippen LogP contribution in [0.25, 0.3) is 21.9 Å². The zero-order valence-corrected chi connectivity index (χ0v) is 19.0. The zero-order valence-electron chi connectivity index (χ0n) is 19.0. The van der Waals surface area contributed by atoms with Gasteiger partial charge in [-0.25, -0.2) is 4.98 Å². The molecule has 170 valence electrons. The molecule has 34 heavy (non-hydrogen) atoms. The van der Waals surface area contributed by atoms with E-state index in [0.29, 0.717) is 42.0 Å². The third-order valence-electron chi connectivity index (χ3n) is 6.36. The van der Waals surface area contributed by atoms with Gasteiger partial charge in [-0.05, 0) is 37.5 Å². The molecule has 0 amide bonds. The van der Waals surface area contributed by atoms with Crippen molar-refractivity contribution >= 4 is 27.8 Å². The van der Waals surface area contributed by atoms with E-state index in [1.165, 1.54) is 6.33 Å². The third kappa shape index (κ3) is 3.68. The first-order valence-electron chi connectivity index (χ1n) is 11.4. The number of piperidine rings is 1. The average molecular weight is 452 g/mol. The average Bonchev–Trinajstić information content (AvgIpc) is 3.18. The molecule has 0 spiro atoms. The molecule has 0 aliphatic carbocycles. The highest BCUT2D eigenvalue weighted by Crippen LogP contribution is 2.31. The minimum absolute atomic E-state index is 0.0219. The van der Waals surface area contributed by atoms with Gasteiger partial charge in [0.2, 0.25) is 0 Å². The molecule has 2 N–H and O–H groups in total. The standard InChI is InChI=1S/C26H25N7O/c1-2-3-13-33-24-23(21(14-27)25(33)31-12-6-7-19(28)16-31)30-17-32(26(24)34)15-18-10-11-29-22-9-5-4-8-20(18)22/h4-5,8-11,17,19H,6-7,12-13,15-16,28H2,1H3/t19-/m1/s1. The van der Waals surface area contributed by atoms with Crippen molar-refractivity contribution in [2.45, 2.75) is 38.9 Å². The fourth-order valence-corrected chi connectivity index (χ4v) is 4.79. The molecule has 1 atom stereocenters. The van der Waals surface area contributed by atoms with Gasteiger partial charge in [0.25, 0.3) is 5.56 Å². The minimum Gasteiger partial charge on any atom is -0.355 e. The maximum absolute atomic E-state index is 13.8.